The SMILES string of the molecule is CCC(CF)CCl. The first-order valence-corrected chi connectivity index (χ1v) is 3.00. The van der Waals surface area contributed by atoms with Gasteiger partial charge in [-0.25, -0.2) is 0 Å². The maximum absolute atomic E-state index is 11.6. The van der Waals surface area contributed by atoms with Gasteiger partial charge in [-0.05, 0) is 6.42 Å². The van der Waals surface area contributed by atoms with Gasteiger partial charge in [0, 0.05) is 11.8 Å². The quantitative estimate of drug-likeness (QED) is 0.506. The van der Waals surface area contributed by atoms with Gasteiger partial charge in [0.05, 0.1) is 6.67 Å². The molecule has 0 saturated carbocycles. The van der Waals surface area contributed by atoms with Gasteiger partial charge in [0.1, 0.15) is 0 Å². The lowest BCUT2D eigenvalue weighted by molar-refractivity contribution is 0.379. The Bertz CT molecular complexity index is 29.6. The summed E-state index contributed by atoms with van der Waals surface area (Å²) in [5.41, 5.74) is 0. The summed E-state index contributed by atoms with van der Waals surface area (Å²) >= 11 is 5.33. The maximum atomic E-state index is 11.6. The molecule has 0 aromatic carbocycles. The van der Waals surface area contributed by atoms with Crippen LogP contribution in [0.1, 0.15) is 13.3 Å². The van der Waals surface area contributed by atoms with Gasteiger partial charge < -0.3 is 0 Å². The molecule has 0 aromatic heterocycles. The fourth-order valence-corrected chi connectivity index (χ4v) is 0.560. The Labute approximate surface area is 48.7 Å². The Hall–Kier alpha value is 0.220. The zero-order chi connectivity index (χ0) is 5.70. The molecule has 0 aromatic rings. The van der Waals surface area contributed by atoms with E-state index < -0.39 is 0 Å². The predicted molar refractivity (Wildman–Crippen MR) is 30.5 cm³/mol. The van der Waals surface area contributed by atoms with Crippen molar-refractivity contribution in [3.8, 4) is 0 Å². The first-order valence-electron chi connectivity index (χ1n) is 2.47. The third-order valence-corrected chi connectivity index (χ3v) is 1.45. The third-order valence-electron chi connectivity index (χ3n) is 1.01. The average Bonchev–Trinajstić information content (AvgIpc) is 1.72. The zero-order valence-electron chi connectivity index (χ0n) is 4.45. The van der Waals surface area contributed by atoms with Gasteiger partial charge >= 0.3 is 0 Å². The first-order chi connectivity index (χ1) is 3.35. The van der Waals surface area contributed by atoms with E-state index in [0.29, 0.717) is 5.88 Å². The van der Waals surface area contributed by atoms with Gasteiger partial charge in [0.2, 0.25) is 0 Å². The molecule has 0 aliphatic rings. The molecule has 0 bridgehead atoms. The summed E-state index contributed by atoms with van der Waals surface area (Å²) in [7, 11) is 0. The highest BCUT2D eigenvalue weighted by molar-refractivity contribution is 6.18. The van der Waals surface area contributed by atoms with Crippen LogP contribution in [0.2, 0.25) is 0 Å². The normalized spacial score (nSPS) is 14.1. The van der Waals surface area contributed by atoms with Crippen molar-refractivity contribution in [3.05, 3.63) is 0 Å². The summed E-state index contributed by atoms with van der Waals surface area (Å²) in [6, 6.07) is 0. The number of alkyl halides is 2. The lowest BCUT2D eigenvalue weighted by atomic mass is 10.1. The zero-order valence-corrected chi connectivity index (χ0v) is 5.21. The van der Waals surface area contributed by atoms with Crippen molar-refractivity contribution in [2.45, 2.75) is 13.3 Å². The highest BCUT2D eigenvalue weighted by Crippen LogP contribution is 2.03. The van der Waals surface area contributed by atoms with E-state index >= 15 is 0 Å². The van der Waals surface area contributed by atoms with E-state index in [-0.39, 0.29) is 12.6 Å². The second-order valence-electron chi connectivity index (χ2n) is 1.58. The molecule has 0 fully saturated rings. The fourth-order valence-electron chi connectivity index (χ4n) is 0.259. The van der Waals surface area contributed by atoms with Crippen LogP contribution in [0, 0.1) is 5.92 Å². The Kier molecular flexibility index (Phi) is 4.52. The van der Waals surface area contributed by atoms with Crippen LogP contribution in [-0.2, 0) is 0 Å². The summed E-state index contributed by atoms with van der Waals surface area (Å²) in [6.45, 7) is 1.66. The minimum absolute atomic E-state index is 0.0849. The number of hydrogen-bond donors (Lipinski definition) is 0. The maximum Gasteiger partial charge on any atom is 0.0933 e. The van der Waals surface area contributed by atoms with Crippen molar-refractivity contribution < 1.29 is 4.39 Å². The second-order valence-corrected chi connectivity index (χ2v) is 1.89. The molecule has 1 unspecified atom stereocenters. The molecule has 2 heteroatoms. The van der Waals surface area contributed by atoms with Crippen LogP contribution < -0.4 is 0 Å². The molecule has 0 aliphatic carbocycles. The molecule has 0 heterocycles. The topological polar surface area (TPSA) is 0 Å². The molecule has 44 valence electrons. The average molecular weight is 125 g/mol. The van der Waals surface area contributed by atoms with Crippen LogP contribution in [0.4, 0.5) is 4.39 Å². The van der Waals surface area contributed by atoms with Crippen molar-refractivity contribution >= 4 is 11.6 Å². The number of rotatable bonds is 3. The standard InChI is InChI=1S/C5H10ClF/c1-2-5(3-6)4-7/h5H,2-4H2,1H3. The van der Waals surface area contributed by atoms with Crippen molar-refractivity contribution in [2.75, 3.05) is 12.6 Å². The predicted octanol–water partition coefficient (Wildman–Crippen LogP) is 2.22. The van der Waals surface area contributed by atoms with Gasteiger partial charge in [0.25, 0.3) is 0 Å². The smallest absolute Gasteiger partial charge is 0.0933 e. The minimum Gasteiger partial charge on any atom is -0.251 e. The molecule has 0 amide bonds. The van der Waals surface area contributed by atoms with E-state index in [9.17, 15) is 4.39 Å². The molecule has 0 aliphatic heterocycles. The second kappa shape index (κ2) is 4.38. The summed E-state index contributed by atoms with van der Waals surface area (Å²) in [4.78, 5) is 0. The number of hydrogen-bond acceptors (Lipinski definition) is 0. The van der Waals surface area contributed by atoms with E-state index in [1.807, 2.05) is 6.92 Å². The monoisotopic (exact) mass is 124 g/mol. The largest absolute Gasteiger partial charge is 0.251 e. The Morgan fingerprint density at radius 3 is 2.29 bits per heavy atom. The number of halogens is 2. The third kappa shape index (κ3) is 2.86. The molecule has 0 saturated heterocycles. The van der Waals surface area contributed by atoms with Crippen LogP contribution in [-0.4, -0.2) is 12.6 Å². The highest BCUT2D eigenvalue weighted by atomic mass is 35.5. The molecule has 7 heavy (non-hydrogen) atoms. The Morgan fingerprint density at radius 1 is 1.71 bits per heavy atom. The van der Waals surface area contributed by atoms with Crippen molar-refractivity contribution in [1.82, 2.24) is 0 Å². The summed E-state index contributed by atoms with van der Waals surface area (Å²) in [5.74, 6) is 0.536. The highest BCUT2D eigenvalue weighted by Gasteiger charge is 2.00. The van der Waals surface area contributed by atoms with E-state index in [0.717, 1.165) is 6.42 Å². The van der Waals surface area contributed by atoms with E-state index in [2.05, 4.69) is 0 Å². The van der Waals surface area contributed by atoms with Crippen molar-refractivity contribution in [1.29, 1.82) is 0 Å². The van der Waals surface area contributed by atoms with Crippen LogP contribution in [0.3, 0.4) is 0 Å². The van der Waals surface area contributed by atoms with Gasteiger partial charge in [0.15, 0.2) is 0 Å². The molecule has 0 N–H and O–H groups in total. The molecule has 0 radical (unpaired) electrons. The molecular formula is C5H10ClF. The molecular weight excluding hydrogens is 115 g/mol. The van der Waals surface area contributed by atoms with Gasteiger partial charge in [-0.15, -0.1) is 11.6 Å². The fraction of sp³-hybridized carbons (Fsp3) is 1.00. The van der Waals surface area contributed by atoms with Crippen LogP contribution in [0.5, 0.6) is 0 Å². The summed E-state index contributed by atoms with van der Waals surface area (Å²) < 4.78 is 11.6. The molecule has 0 nitrogen and oxygen atoms in total. The van der Waals surface area contributed by atoms with E-state index in [1.165, 1.54) is 0 Å². The summed E-state index contributed by atoms with van der Waals surface area (Å²) in [5, 5.41) is 0. The molecule has 0 spiro atoms. The van der Waals surface area contributed by atoms with Gasteiger partial charge in [-0.1, -0.05) is 6.92 Å². The van der Waals surface area contributed by atoms with E-state index in [4.69, 9.17) is 11.6 Å². The summed E-state index contributed by atoms with van der Waals surface area (Å²) in [6.07, 6.45) is 0.847. The first kappa shape index (κ1) is 7.22. The van der Waals surface area contributed by atoms with Crippen LogP contribution in [0.25, 0.3) is 0 Å². The van der Waals surface area contributed by atoms with Crippen molar-refractivity contribution in [2.24, 2.45) is 5.92 Å². The lowest BCUT2D eigenvalue weighted by Gasteiger charge is -2.01. The molecule has 1 atom stereocenters. The Balaban J connectivity index is 2.99. The van der Waals surface area contributed by atoms with Crippen LogP contribution >= 0.6 is 11.6 Å². The van der Waals surface area contributed by atoms with E-state index in [1.54, 1.807) is 0 Å². The van der Waals surface area contributed by atoms with Crippen LogP contribution in [0.15, 0.2) is 0 Å². The Morgan fingerprint density at radius 2 is 2.29 bits per heavy atom. The minimum atomic E-state index is -0.278. The van der Waals surface area contributed by atoms with Gasteiger partial charge in [-0.3, -0.25) is 4.39 Å². The van der Waals surface area contributed by atoms with Crippen molar-refractivity contribution in [3.63, 3.8) is 0 Å². The van der Waals surface area contributed by atoms with Gasteiger partial charge in [-0.2, -0.15) is 0 Å². The lowest BCUT2D eigenvalue weighted by Crippen LogP contribution is -2.01. The molecule has 0 rings (SSSR count).